The van der Waals surface area contributed by atoms with Crippen LogP contribution in [0.2, 0.25) is 0 Å². The van der Waals surface area contributed by atoms with Gasteiger partial charge >= 0.3 is 0 Å². The van der Waals surface area contributed by atoms with Crippen molar-refractivity contribution in [3.05, 3.63) is 66.5 Å². The molecule has 3 aromatic rings. The van der Waals surface area contributed by atoms with E-state index in [0.717, 1.165) is 22.4 Å². The molecule has 0 fully saturated rings. The minimum atomic E-state index is -0.0244. The van der Waals surface area contributed by atoms with Crippen molar-refractivity contribution in [3.63, 3.8) is 0 Å². The molecule has 2 heterocycles. The van der Waals surface area contributed by atoms with Crippen LogP contribution in [-0.2, 0) is 11.2 Å². The molecular weight excluding hydrogens is 306 g/mol. The van der Waals surface area contributed by atoms with E-state index in [0.29, 0.717) is 17.1 Å². The highest BCUT2D eigenvalue weighted by molar-refractivity contribution is 7.20. The second kappa shape index (κ2) is 7.07. The van der Waals surface area contributed by atoms with E-state index >= 15 is 0 Å². The molecule has 3 N–H and O–H groups in total. The average Bonchev–Trinajstić information content (AvgIpc) is 2.95. The van der Waals surface area contributed by atoms with Crippen molar-refractivity contribution in [1.82, 2.24) is 4.98 Å². The first kappa shape index (κ1) is 15.2. The van der Waals surface area contributed by atoms with Gasteiger partial charge in [0.15, 0.2) is 0 Å². The number of hydrogen-bond donors (Lipinski definition) is 2. The van der Waals surface area contributed by atoms with Gasteiger partial charge in [-0.1, -0.05) is 30.3 Å². The van der Waals surface area contributed by atoms with Crippen molar-refractivity contribution in [1.29, 1.82) is 0 Å². The summed E-state index contributed by atoms with van der Waals surface area (Å²) in [6.45, 7) is 0. The Balaban J connectivity index is 1.64. The first-order valence-corrected chi connectivity index (χ1v) is 8.17. The number of pyridine rings is 1. The Kier molecular flexibility index (Phi) is 4.68. The van der Waals surface area contributed by atoms with Gasteiger partial charge in [-0.05, 0) is 35.7 Å². The molecule has 1 amide bonds. The average molecular weight is 323 g/mol. The molecule has 0 aliphatic heterocycles. The van der Waals surface area contributed by atoms with Crippen LogP contribution < -0.4 is 11.1 Å². The maximum absolute atomic E-state index is 12.1. The fourth-order valence-electron chi connectivity index (χ4n) is 2.25. The first-order chi connectivity index (χ1) is 11.2. The summed E-state index contributed by atoms with van der Waals surface area (Å²) in [4.78, 5) is 17.1. The Morgan fingerprint density at radius 2 is 1.87 bits per heavy atom. The topological polar surface area (TPSA) is 68.0 Å². The Labute approximate surface area is 139 Å². The third-order valence-electron chi connectivity index (χ3n) is 3.46. The highest BCUT2D eigenvalue weighted by Crippen LogP contribution is 2.37. The zero-order chi connectivity index (χ0) is 16.1. The SMILES string of the molecule is Nc1cc(-c2ccncc2)sc1NC(=O)CCc1ccccc1. The number of nitrogens with zero attached hydrogens (tertiary/aromatic N) is 1. The minimum absolute atomic E-state index is 0.0244. The summed E-state index contributed by atoms with van der Waals surface area (Å²) >= 11 is 1.48. The number of anilines is 2. The van der Waals surface area contributed by atoms with E-state index < -0.39 is 0 Å². The zero-order valence-corrected chi connectivity index (χ0v) is 13.3. The molecule has 0 spiro atoms. The predicted molar refractivity (Wildman–Crippen MR) is 95.4 cm³/mol. The van der Waals surface area contributed by atoms with E-state index in [2.05, 4.69) is 10.3 Å². The van der Waals surface area contributed by atoms with Gasteiger partial charge in [-0.2, -0.15) is 0 Å². The first-order valence-electron chi connectivity index (χ1n) is 7.36. The number of hydrogen-bond acceptors (Lipinski definition) is 4. The maximum atomic E-state index is 12.1. The van der Waals surface area contributed by atoms with Crippen LogP contribution in [0.3, 0.4) is 0 Å². The quantitative estimate of drug-likeness (QED) is 0.746. The van der Waals surface area contributed by atoms with E-state index in [1.54, 1.807) is 12.4 Å². The Bertz CT molecular complexity index is 785. The van der Waals surface area contributed by atoms with Crippen molar-refractivity contribution < 1.29 is 4.79 Å². The van der Waals surface area contributed by atoms with Gasteiger partial charge in [0, 0.05) is 23.7 Å². The summed E-state index contributed by atoms with van der Waals surface area (Å²) in [6.07, 6.45) is 4.63. The van der Waals surface area contributed by atoms with Gasteiger partial charge < -0.3 is 11.1 Å². The van der Waals surface area contributed by atoms with E-state index in [-0.39, 0.29) is 5.91 Å². The molecular formula is C18H17N3OS. The molecule has 5 heteroatoms. The van der Waals surface area contributed by atoms with Crippen LogP contribution in [0.1, 0.15) is 12.0 Å². The number of rotatable bonds is 5. The molecule has 0 radical (unpaired) electrons. The lowest BCUT2D eigenvalue weighted by Gasteiger charge is -2.04. The fourth-order valence-corrected chi connectivity index (χ4v) is 3.25. The Morgan fingerprint density at radius 3 is 2.61 bits per heavy atom. The van der Waals surface area contributed by atoms with Crippen LogP contribution >= 0.6 is 11.3 Å². The van der Waals surface area contributed by atoms with Gasteiger partial charge in [0.05, 0.1) is 5.69 Å². The molecule has 0 atom stereocenters. The highest BCUT2D eigenvalue weighted by Gasteiger charge is 2.11. The molecule has 0 saturated heterocycles. The minimum Gasteiger partial charge on any atom is -0.396 e. The van der Waals surface area contributed by atoms with Crippen LogP contribution in [0.15, 0.2) is 60.9 Å². The molecule has 0 aliphatic carbocycles. The Morgan fingerprint density at radius 1 is 1.13 bits per heavy atom. The molecule has 4 nitrogen and oxygen atoms in total. The molecule has 2 aromatic heterocycles. The second-order valence-electron chi connectivity index (χ2n) is 5.16. The number of amides is 1. The van der Waals surface area contributed by atoms with Crippen molar-refractivity contribution in [3.8, 4) is 10.4 Å². The van der Waals surface area contributed by atoms with Crippen LogP contribution in [-0.4, -0.2) is 10.9 Å². The fraction of sp³-hybridized carbons (Fsp3) is 0.111. The lowest BCUT2D eigenvalue weighted by atomic mass is 10.1. The molecule has 116 valence electrons. The molecule has 0 aliphatic rings. The maximum Gasteiger partial charge on any atom is 0.225 e. The number of nitrogen functional groups attached to an aromatic ring is 1. The lowest BCUT2D eigenvalue weighted by molar-refractivity contribution is -0.116. The van der Waals surface area contributed by atoms with Gasteiger partial charge in [0.25, 0.3) is 0 Å². The monoisotopic (exact) mass is 323 g/mol. The zero-order valence-electron chi connectivity index (χ0n) is 12.5. The summed E-state index contributed by atoms with van der Waals surface area (Å²) in [6, 6.07) is 15.7. The molecule has 23 heavy (non-hydrogen) atoms. The van der Waals surface area contributed by atoms with Gasteiger partial charge in [-0.15, -0.1) is 11.3 Å². The Hall–Kier alpha value is -2.66. The third kappa shape index (κ3) is 3.96. The van der Waals surface area contributed by atoms with Crippen molar-refractivity contribution in [2.45, 2.75) is 12.8 Å². The van der Waals surface area contributed by atoms with Crippen LogP contribution in [0.5, 0.6) is 0 Å². The number of carbonyl (C=O) groups is 1. The van der Waals surface area contributed by atoms with Crippen molar-refractivity contribution >= 4 is 27.9 Å². The highest BCUT2D eigenvalue weighted by atomic mass is 32.1. The number of thiophene rings is 1. The van der Waals surface area contributed by atoms with Crippen LogP contribution in [0.25, 0.3) is 10.4 Å². The van der Waals surface area contributed by atoms with Crippen LogP contribution in [0, 0.1) is 0 Å². The number of benzene rings is 1. The van der Waals surface area contributed by atoms with Crippen molar-refractivity contribution in [2.75, 3.05) is 11.1 Å². The van der Waals surface area contributed by atoms with Gasteiger partial charge in [0.1, 0.15) is 5.00 Å². The predicted octanol–water partition coefficient (Wildman–Crippen LogP) is 3.96. The second-order valence-corrected chi connectivity index (χ2v) is 6.22. The largest absolute Gasteiger partial charge is 0.396 e. The molecule has 1 aromatic carbocycles. The van der Waals surface area contributed by atoms with Crippen molar-refractivity contribution in [2.24, 2.45) is 0 Å². The van der Waals surface area contributed by atoms with Gasteiger partial charge in [0.2, 0.25) is 5.91 Å². The molecule has 0 unspecified atom stereocenters. The standard InChI is InChI=1S/C18H17N3OS/c19-15-12-16(14-8-10-20-11-9-14)23-18(15)21-17(22)7-6-13-4-2-1-3-5-13/h1-5,8-12H,6-7,19H2,(H,21,22). The third-order valence-corrected chi connectivity index (χ3v) is 4.58. The van der Waals surface area contributed by atoms with E-state index in [1.807, 2.05) is 48.5 Å². The van der Waals surface area contributed by atoms with E-state index in [1.165, 1.54) is 11.3 Å². The van der Waals surface area contributed by atoms with E-state index in [9.17, 15) is 4.79 Å². The van der Waals surface area contributed by atoms with Crippen LogP contribution in [0.4, 0.5) is 10.7 Å². The molecule has 3 rings (SSSR count). The summed E-state index contributed by atoms with van der Waals surface area (Å²) < 4.78 is 0. The summed E-state index contributed by atoms with van der Waals surface area (Å²) in [5.74, 6) is -0.0244. The van der Waals surface area contributed by atoms with Gasteiger partial charge in [-0.3, -0.25) is 9.78 Å². The summed E-state index contributed by atoms with van der Waals surface area (Å²) in [7, 11) is 0. The molecule has 0 bridgehead atoms. The normalized spacial score (nSPS) is 10.4. The molecule has 0 saturated carbocycles. The number of aryl methyl sites for hydroxylation is 1. The summed E-state index contributed by atoms with van der Waals surface area (Å²) in [5.41, 5.74) is 8.80. The number of carbonyl (C=O) groups excluding carboxylic acids is 1. The lowest BCUT2D eigenvalue weighted by Crippen LogP contribution is -2.12. The van der Waals surface area contributed by atoms with E-state index in [4.69, 9.17) is 5.73 Å². The number of aromatic nitrogens is 1. The number of nitrogens with one attached hydrogen (secondary N) is 1. The summed E-state index contributed by atoms with van der Waals surface area (Å²) in [5, 5.41) is 3.61. The van der Waals surface area contributed by atoms with Gasteiger partial charge in [-0.25, -0.2) is 0 Å². The number of nitrogens with two attached hydrogens (primary N) is 1. The smallest absolute Gasteiger partial charge is 0.225 e.